The van der Waals surface area contributed by atoms with Crippen LogP contribution >= 0.6 is 11.3 Å². The Balaban J connectivity index is 2.10. The van der Waals surface area contributed by atoms with Crippen LogP contribution in [0.15, 0.2) is 0 Å². The molecule has 0 spiro atoms. The number of aromatic nitrogens is 1. The first-order valence-electron chi connectivity index (χ1n) is 7.96. The summed E-state index contributed by atoms with van der Waals surface area (Å²) in [6, 6.07) is 0. The van der Waals surface area contributed by atoms with Crippen molar-refractivity contribution in [2.24, 2.45) is 5.92 Å². The fraction of sp³-hybridized carbons (Fsp3) is 0.812. The molecule has 1 heterocycles. The Morgan fingerprint density at radius 2 is 2.20 bits per heavy atom. The molecule has 1 saturated carbocycles. The van der Waals surface area contributed by atoms with Gasteiger partial charge in [-0.1, -0.05) is 33.1 Å². The molecular weight excluding hydrogens is 268 g/mol. The van der Waals surface area contributed by atoms with Crippen molar-refractivity contribution < 1.29 is 4.74 Å². The van der Waals surface area contributed by atoms with Gasteiger partial charge in [-0.2, -0.15) is 0 Å². The van der Waals surface area contributed by atoms with Crippen molar-refractivity contribution in [1.29, 1.82) is 0 Å². The van der Waals surface area contributed by atoms with Crippen molar-refractivity contribution in [3.05, 3.63) is 15.6 Å². The van der Waals surface area contributed by atoms with Gasteiger partial charge in [0.1, 0.15) is 0 Å². The molecule has 0 amide bonds. The van der Waals surface area contributed by atoms with Gasteiger partial charge in [0.2, 0.25) is 0 Å². The summed E-state index contributed by atoms with van der Waals surface area (Å²) in [4.78, 5) is 6.26. The van der Waals surface area contributed by atoms with Gasteiger partial charge in [-0.3, -0.25) is 0 Å². The Morgan fingerprint density at radius 3 is 2.90 bits per heavy atom. The first kappa shape index (κ1) is 15.9. The summed E-state index contributed by atoms with van der Waals surface area (Å²) in [5, 5.41) is 4.76. The minimum Gasteiger partial charge on any atom is -0.378 e. The van der Waals surface area contributed by atoms with Gasteiger partial charge in [0.25, 0.3) is 0 Å². The molecule has 4 heteroatoms. The van der Waals surface area contributed by atoms with E-state index in [1.54, 1.807) is 7.11 Å². The lowest BCUT2D eigenvalue weighted by atomic mass is 9.80. The second kappa shape index (κ2) is 8.11. The van der Waals surface area contributed by atoms with Crippen LogP contribution in [0.3, 0.4) is 0 Å². The molecule has 1 aliphatic carbocycles. The maximum atomic E-state index is 5.31. The second-order valence-corrected chi connectivity index (χ2v) is 6.89. The SMILES string of the molecule is CCNCc1sc(C2CCCC(CC)C2)nc1COC. The molecule has 1 N–H and O–H groups in total. The first-order chi connectivity index (χ1) is 9.78. The van der Waals surface area contributed by atoms with Gasteiger partial charge in [-0.15, -0.1) is 11.3 Å². The van der Waals surface area contributed by atoms with Gasteiger partial charge in [0.05, 0.1) is 17.3 Å². The lowest BCUT2D eigenvalue weighted by Crippen LogP contribution is -2.13. The smallest absolute Gasteiger partial charge is 0.0963 e. The predicted molar refractivity (Wildman–Crippen MR) is 85.2 cm³/mol. The van der Waals surface area contributed by atoms with Gasteiger partial charge in [-0.25, -0.2) is 4.98 Å². The number of hydrogen-bond acceptors (Lipinski definition) is 4. The van der Waals surface area contributed by atoms with Crippen LogP contribution in [0.5, 0.6) is 0 Å². The van der Waals surface area contributed by atoms with Crippen LogP contribution in [-0.4, -0.2) is 18.6 Å². The summed E-state index contributed by atoms with van der Waals surface area (Å²) in [6.45, 7) is 7.03. The van der Waals surface area contributed by atoms with E-state index in [0.29, 0.717) is 12.5 Å². The number of nitrogens with zero attached hydrogens (tertiary/aromatic N) is 1. The Morgan fingerprint density at radius 1 is 1.35 bits per heavy atom. The van der Waals surface area contributed by atoms with E-state index in [4.69, 9.17) is 9.72 Å². The minimum atomic E-state index is 0.640. The standard InChI is InChI=1S/C16H28N2OS/c1-4-12-7-6-8-13(9-12)16-18-14(11-19-3)15(20-16)10-17-5-2/h12-13,17H,4-11H2,1-3H3. The fourth-order valence-electron chi connectivity index (χ4n) is 3.09. The number of rotatable bonds is 7. The largest absolute Gasteiger partial charge is 0.378 e. The topological polar surface area (TPSA) is 34.2 Å². The van der Waals surface area contributed by atoms with E-state index in [9.17, 15) is 0 Å². The van der Waals surface area contributed by atoms with Gasteiger partial charge in [0.15, 0.2) is 0 Å². The van der Waals surface area contributed by atoms with Gasteiger partial charge in [-0.05, 0) is 25.3 Å². The van der Waals surface area contributed by atoms with E-state index in [2.05, 4.69) is 19.2 Å². The maximum absolute atomic E-state index is 5.31. The highest BCUT2D eigenvalue weighted by atomic mass is 32.1. The van der Waals surface area contributed by atoms with Crippen molar-refractivity contribution in [2.45, 2.75) is 65.0 Å². The van der Waals surface area contributed by atoms with E-state index < -0.39 is 0 Å². The summed E-state index contributed by atoms with van der Waals surface area (Å²) in [6.07, 6.45) is 6.74. The molecule has 0 radical (unpaired) electrons. The van der Waals surface area contributed by atoms with Gasteiger partial charge >= 0.3 is 0 Å². The molecule has 0 bridgehead atoms. The van der Waals surface area contributed by atoms with E-state index in [0.717, 1.165) is 24.7 Å². The molecule has 2 atom stereocenters. The average Bonchev–Trinajstić information content (AvgIpc) is 2.89. The van der Waals surface area contributed by atoms with Crippen LogP contribution in [0.25, 0.3) is 0 Å². The molecule has 0 saturated heterocycles. The maximum Gasteiger partial charge on any atom is 0.0963 e. The third-order valence-corrected chi connectivity index (χ3v) is 5.58. The molecule has 3 nitrogen and oxygen atoms in total. The normalized spacial score (nSPS) is 23.1. The van der Waals surface area contributed by atoms with Gasteiger partial charge in [0, 0.05) is 24.4 Å². The monoisotopic (exact) mass is 296 g/mol. The fourth-order valence-corrected chi connectivity index (χ4v) is 4.28. The average molecular weight is 296 g/mol. The lowest BCUT2D eigenvalue weighted by molar-refractivity contribution is 0.181. The molecule has 2 unspecified atom stereocenters. The first-order valence-corrected chi connectivity index (χ1v) is 8.78. The van der Waals surface area contributed by atoms with Crippen LogP contribution in [-0.2, 0) is 17.9 Å². The van der Waals surface area contributed by atoms with Crippen LogP contribution in [0.4, 0.5) is 0 Å². The highest BCUT2D eigenvalue weighted by Gasteiger charge is 2.25. The summed E-state index contributed by atoms with van der Waals surface area (Å²) in [7, 11) is 1.75. The molecule has 1 aliphatic rings. The van der Waals surface area contributed by atoms with Crippen molar-refractivity contribution in [1.82, 2.24) is 10.3 Å². The number of methoxy groups -OCH3 is 1. The zero-order valence-electron chi connectivity index (χ0n) is 13.1. The summed E-state index contributed by atoms with van der Waals surface area (Å²) in [5.41, 5.74) is 1.15. The lowest BCUT2D eigenvalue weighted by Gasteiger charge is -2.26. The molecule has 1 fully saturated rings. The summed E-state index contributed by atoms with van der Waals surface area (Å²) >= 11 is 1.90. The van der Waals surface area contributed by atoms with E-state index in [1.165, 1.54) is 42.0 Å². The number of thiazole rings is 1. The van der Waals surface area contributed by atoms with E-state index >= 15 is 0 Å². The molecule has 2 rings (SSSR count). The van der Waals surface area contributed by atoms with Crippen molar-refractivity contribution in [3.8, 4) is 0 Å². The Bertz CT molecular complexity index is 405. The van der Waals surface area contributed by atoms with Crippen molar-refractivity contribution in [3.63, 3.8) is 0 Å². The van der Waals surface area contributed by atoms with Gasteiger partial charge < -0.3 is 10.1 Å². The molecule has 20 heavy (non-hydrogen) atoms. The highest BCUT2D eigenvalue weighted by molar-refractivity contribution is 7.11. The quantitative estimate of drug-likeness (QED) is 0.823. The zero-order chi connectivity index (χ0) is 14.4. The third-order valence-electron chi connectivity index (χ3n) is 4.32. The minimum absolute atomic E-state index is 0.640. The molecule has 0 aromatic carbocycles. The molecule has 0 aliphatic heterocycles. The summed E-state index contributed by atoms with van der Waals surface area (Å²) in [5.74, 6) is 1.59. The second-order valence-electron chi connectivity index (χ2n) is 5.77. The number of hydrogen-bond donors (Lipinski definition) is 1. The number of ether oxygens (including phenoxy) is 1. The van der Waals surface area contributed by atoms with Crippen LogP contribution in [0.2, 0.25) is 0 Å². The van der Waals surface area contributed by atoms with Crippen LogP contribution in [0, 0.1) is 5.92 Å². The molecule has 1 aromatic heterocycles. The Labute approximate surface area is 127 Å². The Hall–Kier alpha value is -0.450. The van der Waals surface area contributed by atoms with Crippen LogP contribution in [0.1, 0.15) is 67.4 Å². The Kier molecular flexibility index (Phi) is 6.46. The highest BCUT2D eigenvalue weighted by Crippen LogP contribution is 2.39. The van der Waals surface area contributed by atoms with E-state index in [-0.39, 0.29) is 0 Å². The zero-order valence-corrected chi connectivity index (χ0v) is 13.9. The van der Waals surface area contributed by atoms with Crippen molar-refractivity contribution in [2.75, 3.05) is 13.7 Å². The number of nitrogens with one attached hydrogen (secondary N) is 1. The molecular formula is C16H28N2OS. The van der Waals surface area contributed by atoms with Crippen LogP contribution < -0.4 is 5.32 Å². The predicted octanol–water partition coefficient (Wildman–Crippen LogP) is 4.08. The van der Waals surface area contributed by atoms with Crippen molar-refractivity contribution >= 4 is 11.3 Å². The third kappa shape index (κ3) is 4.03. The molecule has 1 aromatic rings. The summed E-state index contributed by atoms with van der Waals surface area (Å²) < 4.78 is 5.31. The van der Waals surface area contributed by atoms with E-state index in [1.807, 2.05) is 11.3 Å². The molecule has 114 valence electrons.